The van der Waals surface area contributed by atoms with Crippen LogP contribution in [-0.4, -0.2) is 47.3 Å². The molecule has 2 aromatic rings. The number of carbonyl (C=O) groups is 2. The van der Waals surface area contributed by atoms with Crippen molar-refractivity contribution < 1.29 is 14.3 Å². The zero-order valence-corrected chi connectivity index (χ0v) is 13.3. The number of aromatic nitrogens is 2. The van der Waals surface area contributed by atoms with Crippen LogP contribution >= 0.6 is 11.6 Å². The second kappa shape index (κ2) is 6.62. The van der Waals surface area contributed by atoms with Gasteiger partial charge in [-0.15, -0.1) is 0 Å². The Balaban J connectivity index is 2.24. The topological polar surface area (TPSA) is 64.4 Å². The zero-order chi connectivity index (χ0) is 16.3. The van der Waals surface area contributed by atoms with E-state index < -0.39 is 5.97 Å². The van der Waals surface area contributed by atoms with Gasteiger partial charge in [0.1, 0.15) is 10.7 Å². The molecule has 0 fully saturated rings. The maximum absolute atomic E-state index is 12.1. The van der Waals surface area contributed by atoms with E-state index in [1.54, 1.807) is 21.0 Å². The quantitative estimate of drug-likeness (QED) is 0.809. The van der Waals surface area contributed by atoms with E-state index in [4.69, 9.17) is 16.3 Å². The molecule has 0 N–H and O–H groups in total. The largest absolute Gasteiger partial charge is 0.452 e. The summed E-state index contributed by atoms with van der Waals surface area (Å²) in [6.45, 7) is 1.33. The Morgan fingerprint density at radius 3 is 2.50 bits per heavy atom. The minimum Gasteiger partial charge on any atom is -0.452 e. The van der Waals surface area contributed by atoms with Crippen LogP contribution in [0.5, 0.6) is 0 Å². The van der Waals surface area contributed by atoms with Gasteiger partial charge < -0.3 is 9.64 Å². The summed E-state index contributed by atoms with van der Waals surface area (Å²) in [6, 6.07) is 9.20. The Morgan fingerprint density at radius 2 is 1.91 bits per heavy atom. The summed E-state index contributed by atoms with van der Waals surface area (Å²) in [7, 11) is 3.17. The molecule has 7 heteroatoms. The third-order valence-electron chi connectivity index (χ3n) is 3.03. The molecule has 6 nitrogen and oxygen atoms in total. The van der Waals surface area contributed by atoms with Crippen LogP contribution in [0, 0.1) is 6.92 Å². The Bertz CT molecular complexity index is 696. The number of rotatable bonds is 4. The number of aryl methyl sites for hydroxylation is 1. The molecular weight excluding hydrogens is 306 g/mol. The van der Waals surface area contributed by atoms with E-state index in [1.807, 2.05) is 30.3 Å². The molecule has 0 aliphatic carbocycles. The molecule has 1 aromatic heterocycles. The van der Waals surface area contributed by atoms with Crippen molar-refractivity contribution in [1.82, 2.24) is 14.7 Å². The summed E-state index contributed by atoms with van der Waals surface area (Å²) in [5.74, 6) is -0.975. The van der Waals surface area contributed by atoms with Crippen LogP contribution in [0.25, 0.3) is 5.69 Å². The second-order valence-electron chi connectivity index (χ2n) is 4.86. The number of halogens is 1. The summed E-state index contributed by atoms with van der Waals surface area (Å²) in [5.41, 5.74) is 1.34. The van der Waals surface area contributed by atoms with Gasteiger partial charge in [0.2, 0.25) is 0 Å². The number of nitrogens with zero attached hydrogens (tertiary/aromatic N) is 3. The average molecular weight is 322 g/mol. The molecule has 1 heterocycles. The van der Waals surface area contributed by atoms with E-state index >= 15 is 0 Å². The monoisotopic (exact) mass is 321 g/mol. The number of carbonyl (C=O) groups excluding carboxylic acids is 2. The van der Waals surface area contributed by atoms with E-state index in [0.29, 0.717) is 5.69 Å². The van der Waals surface area contributed by atoms with Gasteiger partial charge in [0.05, 0.1) is 11.4 Å². The fraction of sp³-hybridized carbons (Fsp3) is 0.267. The summed E-state index contributed by atoms with van der Waals surface area (Å²) < 4.78 is 6.45. The van der Waals surface area contributed by atoms with Crippen molar-refractivity contribution >= 4 is 23.5 Å². The maximum Gasteiger partial charge on any atom is 0.343 e. The minimum atomic E-state index is -0.667. The van der Waals surface area contributed by atoms with E-state index in [0.717, 1.165) is 5.69 Å². The van der Waals surface area contributed by atoms with Gasteiger partial charge in [-0.3, -0.25) is 4.79 Å². The van der Waals surface area contributed by atoms with Crippen molar-refractivity contribution in [2.75, 3.05) is 20.7 Å². The van der Waals surface area contributed by atoms with E-state index in [1.165, 1.54) is 9.58 Å². The van der Waals surface area contributed by atoms with E-state index in [2.05, 4.69) is 5.10 Å². The minimum absolute atomic E-state index is 0.158. The molecule has 116 valence electrons. The van der Waals surface area contributed by atoms with Crippen LogP contribution in [0.2, 0.25) is 5.15 Å². The molecule has 0 aliphatic rings. The van der Waals surface area contributed by atoms with Gasteiger partial charge in [-0.25, -0.2) is 9.48 Å². The fourth-order valence-electron chi connectivity index (χ4n) is 1.80. The Kier molecular flexibility index (Phi) is 4.82. The number of para-hydroxylation sites is 1. The molecular formula is C15H16ClN3O3. The van der Waals surface area contributed by atoms with Gasteiger partial charge in [0, 0.05) is 14.1 Å². The number of benzene rings is 1. The number of likely N-dealkylation sites (N-methyl/N-ethyl adjacent to an activating group) is 1. The summed E-state index contributed by atoms with van der Waals surface area (Å²) in [4.78, 5) is 24.9. The predicted octanol–water partition coefficient (Wildman–Crippen LogP) is 2.08. The molecule has 0 saturated carbocycles. The van der Waals surface area contributed by atoms with Gasteiger partial charge in [0.15, 0.2) is 6.61 Å². The number of ether oxygens (including phenoxy) is 1. The van der Waals surface area contributed by atoms with Crippen molar-refractivity contribution in [3.05, 3.63) is 46.7 Å². The van der Waals surface area contributed by atoms with Gasteiger partial charge in [-0.05, 0) is 19.1 Å². The Labute approximate surface area is 133 Å². The van der Waals surface area contributed by atoms with Crippen LogP contribution in [0.4, 0.5) is 0 Å². The summed E-state index contributed by atoms with van der Waals surface area (Å²) >= 11 is 6.24. The second-order valence-corrected chi connectivity index (χ2v) is 5.22. The Hall–Kier alpha value is -2.34. The fourth-order valence-corrected chi connectivity index (χ4v) is 2.15. The lowest BCUT2D eigenvalue weighted by Crippen LogP contribution is -2.27. The number of esters is 1. The van der Waals surface area contributed by atoms with Gasteiger partial charge >= 0.3 is 5.97 Å². The van der Waals surface area contributed by atoms with Crippen LogP contribution in [0.15, 0.2) is 30.3 Å². The van der Waals surface area contributed by atoms with Crippen LogP contribution in [0.3, 0.4) is 0 Å². The molecule has 22 heavy (non-hydrogen) atoms. The lowest BCUT2D eigenvalue weighted by atomic mass is 10.2. The van der Waals surface area contributed by atoms with Crippen molar-refractivity contribution in [2.24, 2.45) is 0 Å². The van der Waals surface area contributed by atoms with E-state index in [-0.39, 0.29) is 23.2 Å². The number of hydrogen-bond acceptors (Lipinski definition) is 4. The summed E-state index contributed by atoms with van der Waals surface area (Å²) in [5, 5.41) is 4.41. The molecule has 1 amide bonds. The normalized spacial score (nSPS) is 10.4. The lowest BCUT2D eigenvalue weighted by molar-refractivity contribution is -0.131. The zero-order valence-electron chi connectivity index (χ0n) is 12.5. The lowest BCUT2D eigenvalue weighted by Gasteiger charge is -2.10. The molecule has 2 rings (SSSR count). The molecule has 0 radical (unpaired) electrons. The van der Waals surface area contributed by atoms with Crippen molar-refractivity contribution in [2.45, 2.75) is 6.92 Å². The molecule has 0 saturated heterocycles. The SMILES string of the molecule is Cc1nn(-c2ccccc2)c(Cl)c1C(=O)OCC(=O)N(C)C. The van der Waals surface area contributed by atoms with Gasteiger partial charge in [-0.1, -0.05) is 29.8 Å². The van der Waals surface area contributed by atoms with Crippen molar-refractivity contribution in [1.29, 1.82) is 0 Å². The molecule has 0 unspecified atom stereocenters. The first-order valence-electron chi connectivity index (χ1n) is 6.59. The molecule has 0 spiro atoms. The van der Waals surface area contributed by atoms with Crippen molar-refractivity contribution in [3.8, 4) is 5.69 Å². The third kappa shape index (κ3) is 3.28. The first-order chi connectivity index (χ1) is 10.4. The van der Waals surface area contributed by atoms with Gasteiger partial charge in [0.25, 0.3) is 5.91 Å². The number of hydrogen-bond donors (Lipinski definition) is 0. The van der Waals surface area contributed by atoms with Crippen LogP contribution in [0.1, 0.15) is 16.1 Å². The maximum atomic E-state index is 12.1. The van der Waals surface area contributed by atoms with Crippen LogP contribution < -0.4 is 0 Å². The third-order valence-corrected chi connectivity index (χ3v) is 3.38. The highest BCUT2D eigenvalue weighted by Gasteiger charge is 2.23. The number of amides is 1. The first kappa shape index (κ1) is 16.0. The van der Waals surface area contributed by atoms with Crippen LogP contribution in [-0.2, 0) is 9.53 Å². The van der Waals surface area contributed by atoms with E-state index in [9.17, 15) is 9.59 Å². The standard InChI is InChI=1S/C15H16ClN3O3/c1-10-13(15(21)22-9-12(20)18(2)3)14(16)19(17-10)11-7-5-4-6-8-11/h4-8H,9H2,1-3H3. The highest BCUT2D eigenvalue weighted by atomic mass is 35.5. The average Bonchev–Trinajstić information content (AvgIpc) is 2.80. The first-order valence-corrected chi connectivity index (χ1v) is 6.97. The van der Waals surface area contributed by atoms with Gasteiger partial charge in [-0.2, -0.15) is 5.10 Å². The highest BCUT2D eigenvalue weighted by molar-refractivity contribution is 6.33. The molecule has 0 bridgehead atoms. The highest BCUT2D eigenvalue weighted by Crippen LogP contribution is 2.24. The Morgan fingerprint density at radius 1 is 1.27 bits per heavy atom. The smallest absolute Gasteiger partial charge is 0.343 e. The van der Waals surface area contributed by atoms with Crippen molar-refractivity contribution in [3.63, 3.8) is 0 Å². The predicted molar refractivity (Wildman–Crippen MR) is 82.3 cm³/mol. The molecule has 0 atom stereocenters. The molecule has 1 aromatic carbocycles. The molecule has 0 aliphatic heterocycles. The summed E-state index contributed by atoms with van der Waals surface area (Å²) in [6.07, 6.45) is 0.